The van der Waals surface area contributed by atoms with Gasteiger partial charge in [0, 0.05) is 77.4 Å². The fraction of sp³-hybridized carbons (Fsp3) is 0.579. The third kappa shape index (κ3) is 4.41. The molecule has 0 radical (unpaired) electrons. The van der Waals surface area contributed by atoms with Crippen molar-refractivity contribution in [2.75, 3.05) is 52.3 Å². The van der Waals surface area contributed by atoms with Gasteiger partial charge in [0.25, 0.3) is 0 Å². The van der Waals surface area contributed by atoms with E-state index in [0.717, 1.165) is 32.0 Å². The zero-order valence-corrected chi connectivity index (χ0v) is 16.2. The molecule has 2 atom stereocenters. The highest BCUT2D eigenvalue weighted by Gasteiger charge is 2.33. The summed E-state index contributed by atoms with van der Waals surface area (Å²) in [5.74, 6) is 1.43. The molecular weight excluding hydrogens is 328 g/mol. The van der Waals surface area contributed by atoms with Gasteiger partial charge in [-0.2, -0.15) is 0 Å². The monoisotopic (exact) mass is 358 g/mol. The van der Waals surface area contributed by atoms with Gasteiger partial charge in [-0.25, -0.2) is 9.97 Å². The van der Waals surface area contributed by atoms with Crippen molar-refractivity contribution < 1.29 is 4.74 Å². The van der Waals surface area contributed by atoms with Gasteiger partial charge in [-0.1, -0.05) is 6.07 Å². The van der Waals surface area contributed by atoms with E-state index in [1.165, 1.54) is 11.3 Å². The number of nitrogens with one attached hydrogen (secondary N) is 1. The SMILES string of the molecule is COCCN(C)c1ccc(CN[C@@H]2CN(C)C[C@H]2c2cncn2C)cn1. The van der Waals surface area contributed by atoms with E-state index in [1.54, 1.807) is 7.11 Å². The first kappa shape index (κ1) is 18.8. The summed E-state index contributed by atoms with van der Waals surface area (Å²) in [5.41, 5.74) is 2.49. The van der Waals surface area contributed by atoms with Gasteiger partial charge < -0.3 is 24.4 Å². The quantitative estimate of drug-likeness (QED) is 0.762. The number of likely N-dealkylation sites (tertiary alicyclic amines) is 1. The Labute approximate surface area is 156 Å². The number of ether oxygens (including phenoxy) is 1. The molecule has 1 aliphatic rings. The number of aryl methyl sites for hydroxylation is 1. The zero-order valence-electron chi connectivity index (χ0n) is 16.2. The third-order valence-corrected chi connectivity index (χ3v) is 5.14. The van der Waals surface area contributed by atoms with E-state index in [0.29, 0.717) is 18.6 Å². The molecule has 2 aromatic rings. The molecule has 1 fully saturated rings. The molecule has 3 heterocycles. The number of hydrogen-bond acceptors (Lipinski definition) is 6. The van der Waals surface area contributed by atoms with Gasteiger partial charge in [0.2, 0.25) is 0 Å². The predicted octanol–water partition coefficient (Wildman–Crippen LogP) is 1.09. The van der Waals surface area contributed by atoms with Gasteiger partial charge in [0.15, 0.2) is 0 Å². The van der Waals surface area contributed by atoms with Crippen LogP contribution in [0.1, 0.15) is 17.2 Å². The van der Waals surface area contributed by atoms with Crippen LogP contribution in [0.3, 0.4) is 0 Å². The second-order valence-electron chi connectivity index (χ2n) is 7.18. The maximum Gasteiger partial charge on any atom is 0.128 e. The number of likely N-dealkylation sites (N-methyl/N-ethyl adjacent to an activating group) is 2. The van der Waals surface area contributed by atoms with Crippen LogP contribution in [0.2, 0.25) is 0 Å². The van der Waals surface area contributed by atoms with Crippen molar-refractivity contribution in [3.63, 3.8) is 0 Å². The van der Waals surface area contributed by atoms with Crippen molar-refractivity contribution in [1.29, 1.82) is 0 Å². The van der Waals surface area contributed by atoms with Crippen molar-refractivity contribution >= 4 is 5.82 Å². The summed E-state index contributed by atoms with van der Waals surface area (Å²) in [6.07, 6.45) is 5.83. The van der Waals surface area contributed by atoms with Crippen molar-refractivity contribution in [3.8, 4) is 0 Å². The third-order valence-electron chi connectivity index (χ3n) is 5.14. The van der Waals surface area contributed by atoms with Crippen LogP contribution in [0.15, 0.2) is 30.9 Å². The van der Waals surface area contributed by atoms with Gasteiger partial charge >= 0.3 is 0 Å². The van der Waals surface area contributed by atoms with Crippen molar-refractivity contribution in [1.82, 2.24) is 24.8 Å². The highest BCUT2D eigenvalue weighted by Crippen LogP contribution is 2.26. The fourth-order valence-electron chi connectivity index (χ4n) is 3.57. The summed E-state index contributed by atoms with van der Waals surface area (Å²) in [5, 5.41) is 3.72. The Hall–Kier alpha value is -1.96. The minimum absolute atomic E-state index is 0.416. The van der Waals surface area contributed by atoms with E-state index in [4.69, 9.17) is 4.74 Å². The highest BCUT2D eigenvalue weighted by molar-refractivity contribution is 5.38. The van der Waals surface area contributed by atoms with E-state index in [-0.39, 0.29) is 0 Å². The molecule has 0 aromatic carbocycles. The first-order chi connectivity index (χ1) is 12.6. The largest absolute Gasteiger partial charge is 0.383 e. The molecule has 7 nitrogen and oxygen atoms in total. The van der Waals surface area contributed by atoms with Crippen LogP contribution in [-0.4, -0.2) is 72.9 Å². The average molecular weight is 358 g/mol. The van der Waals surface area contributed by atoms with Gasteiger partial charge in [-0.15, -0.1) is 0 Å². The van der Waals surface area contributed by atoms with E-state index >= 15 is 0 Å². The van der Waals surface area contributed by atoms with Crippen molar-refractivity contribution in [2.24, 2.45) is 7.05 Å². The molecule has 0 amide bonds. The second-order valence-corrected chi connectivity index (χ2v) is 7.18. The molecular formula is C19H30N6O. The fourth-order valence-corrected chi connectivity index (χ4v) is 3.57. The Bertz CT molecular complexity index is 686. The normalized spacial score (nSPS) is 20.6. The lowest BCUT2D eigenvalue weighted by atomic mass is 10.00. The maximum atomic E-state index is 5.12. The number of aromatic nitrogens is 3. The molecule has 1 saturated heterocycles. The Morgan fingerprint density at radius 3 is 2.77 bits per heavy atom. The van der Waals surface area contributed by atoms with Crippen LogP contribution in [0.25, 0.3) is 0 Å². The summed E-state index contributed by atoms with van der Waals surface area (Å²) >= 11 is 0. The first-order valence-electron chi connectivity index (χ1n) is 9.11. The van der Waals surface area contributed by atoms with E-state index in [2.05, 4.69) is 55.9 Å². The van der Waals surface area contributed by atoms with Crippen LogP contribution < -0.4 is 10.2 Å². The number of hydrogen-bond donors (Lipinski definition) is 1. The lowest BCUT2D eigenvalue weighted by Crippen LogP contribution is -2.35. The van der Waals surface area contributed by atoms with Gasteiger partial charge in [0.05, 0.1) is 12.9 Å². The summed E-state index contributed by atoms with van der Waals surface area (Å²) < 4.78 is 7.25. The van der Waals surface area contributed by atoms with Crippen molar-refractivity contribution in [3.05, 3.63) is 42.1 Å². The molecule has 0 spiro atoms. The highest BCUT2D eigenvalue weighted by atomic mass is 16.5. The van der Waals surface area contributed by atoms with Crippen LogP contribution >= 0.6 is 0 Å². The summed E-state index contributed by atoms with van der Waals surface area (Å²) in [6.45, 7) is 4.45. The summed E-state index contributed by atoms with van der Waals surface area (Å²) in [6, 6.07) is 4.64. The zero-order chi connectivity index (χ0) is 18.5. The number of nitrogens with zero attached hydrogens (tertiary/aromatic N) is 5. The Balaban J connectivity index is 1.58. The number of anilines is 1. The molecule has 0 unspecified atom stereocenters. The summed E-state index contributed by atoms with van der Waals surface area (Å²) in [7, 11) is 8.00. The Morgan fingerprint density at radius 2 is 2.12 bits per heavy atom. The minimum Gasteiger partial charge on any atom is -0.383 e. The van der Waals surface area contributed by atoms with Crippen LogP contribution in [0.4, 0.5) is 5.82 Å². The van der Waals surface area contributed by atoms with Gasteiger partial charge in [-0.3, -0.25) is 0 Å². The Kier molecular flexibility index (Phi) is 6.24. The van der Waals surface area contributed by atoms with E-state index in [1.807, 2.05) is 25.8 Å². The molecule has 7 heteroatoms. The van der Waals surface area contributed by atoms with E-state index in [9.17, 15) is 0 Å². The molecule has 3 rings (SSSR count). The number of pyridine rings is 1. The number of methoxy groups -OCH3 is 1. The van der Waals surface area contributed by atoms with Gasteiger partial charge in [0.1, 0.15) is 5.82 Å². The Morgan fingerprint density at radius 1 is 1.27 bits per heavy atom. The van der Waals surface area contributed by atoms with Crippen LogP contribution in [-0.2, 0) is 18.3 Å². The molecule has 1 N–H and O–H groups in total. The molecule has 1 aliphatic heterocycles. The molecule has 2 aromatic heterocycles. The minimum atomic E-state index is 0.416. The van der Waals surface area contributed by atoms with Crippen LogP contribution in [0, 0.1) is 0 Å². The average Bonchev–Trinajstić information content (AvgIpc) is 3.23. The number of rotatable bonds is 8. The second kappa shape index (κ2) is 8.62. The molecule has 0 saturated carbocycles. The topological polar surface area (TPSA) is 58.5 Å². The lowest BCUT2D eigenvalue weighted by Gasteiger charge is -2.21. The first-order valence-corrected chi connectivity index (χ1v) is 9.11. The van der Waals surface area contributed by atoms with E-state index < -0.39 is 0 Å². The summed E-state index contributed by atoms with van der Waals surface area (Å²) in [4.78, 5) is 13.3. The van der Waals surface area contributed by atoms with Crippen LogP contribution in [0.5, 0.6) is 0 Å². The molecule has 26 heavy (non-hydrogen) atoms. The number of imidazole rings is 1. The van der Waals surface area contributed by atoms with Crippen molar-refractivity contribution in [2.45, 2.75) is 18.5 Å². The molecule has 0 bridgehead atoms. The maximum absolute atomic E-state index is 5.12. The lowest BCUT2D eigenvalue weighted by molar-refractivity contribution is 0.206. The molecule has 142 valence electrons. The smallest absolute Gasteiger partial charge is 0.128 e. The van der Waals surface area contributed by atoms with Gasteiger partial charge in [-0.05, 0) is 18.7 Å². The standard InChI is InChI=1S/C19H30N6O/c1-23-12-16(18-11-20-14-25(18)3)17(13-23)21-9-15-5-6-19(22-10-15)24(2)7-8-26-4/h5-6,10-11,14,16-17,21H,7-9,12-13H2,1-4H3/t16-,17-/m1/s1. The molecule has 0 aliphatic carbocycles. The predicted molar refractivity (Wildman–Crippen MR) is 103 cm³/mol.